The van der Waals surface area contributed by atoms with Gasteiger partial charge in [0.2, 0.25) is 5.91 Å². The number of carbonyl (C=O) groups excluding carboxylic acids is 1. The second kappa shape index (κ2) is 10.2. The van der Waals surface area contributed by atoms with Gasteiger partial charge in [0.05, 0.1) is 6.54 Å². The summed E-state index contributed by atoms with van der Waals surface area (Å²) in [6.45, 7) is 2.62. The van der Waals surface area contributed by atoms with Crippen molar-refractivity contribution in [1.82, 2.24) is 9.80 Å². The molecule has 2 aromatic rings. The lowest BCUT2D eigenvalue weighted by atomic mass is 9.89. The highest BCUT2D eigenvalue weighted by Crippen LogP contribution is 2.32. The second-order valence-electron chi connectivity index (χ2n) is 7.16. The van der Waals surface area contributed by atoms with Gasteiger partial charge in [-0.3, -0.25) is 9.69 Å². The molecule has 0 radical (unpaired) electrons. The van der Waals surface area contributed by atoms with E-state index in [4.69, 9.17) is 17.3 Å². The van der Waals surface area contributed by atoms with Crippen LogP contribution in [0.2, 0.25) is 5.02 Å². The average molecular weight is 426 g/mol. The van der Waals surface area contributed by atoms with E-state index in [0.29, 0.717) is 35.5 Å². The number of hydrogen-bond acceptors (Lipinski definition) is 3. The molecule has 0 saturated carbocycles. The van der Waals surface area contributed by atoms with Crippen molar-refractivity contribution < 1.29 is 9.18 Å². The van der Waals surface area contributed by atoms with E-state index in [2.05, 4.69) is 17.0 Å². The van der Waals surface area contributed by atoms with E-state index in [1.54, 1.807) is 19.2 Å². The molecule has 2 atom stereocenters. The molecule has 1 amide bonds. The van der Waals surface area contributed by atoms with Gasteiger partial charge in [-0.15, -0.1) is 12.4 Å². The molecular formula is C21H26Cl2FN3O. The summed E-state index contributed by atoms with van der Waals surface area (Å²) in [6.07, 6.45) is 0. The highest BCUT2D eigenvalue weighted by atomic mass is 35.5. The SMILES string of the molecule is CN(Cc1c(F)cccc1Cl)C(=O)CN1C[C@@H](CN)[C@H](c2ccccc2)C1.Cl. The van der Waals surface area contributed by atoms with Crippen LogP contribution in [0.25, 0.3) is 0 Å². The van der Waals surface area contributed by atoms with Crippen LogP contribution in [-0.4, -0.2) is 48.9 Å². The quantitative estimate of drug-likeness (QED) is 0.769. The van der Waals surface area contributed by atoms with Crippen LogP contribution in [0.4, 0.5) is 4.39 Å². The number of halogens is 3. The first kappa shape index (κ1) is 22.6. The van der Waals surface area contributed by atoms with Crippen molar-refractivity contribution in [3.63, 3.8) is 0 Å². The molecule has 152 valence electrons. The lowest BCUT2D eigenvalue weighted by Gasteiger charge is -2.22. The van der Waals surface area contributed by atoms with Gasteiger partial charge in [0, 0.05) is 43.2 Å². The summed E-state index contributed by atoms with van der Waals surface area (Å²) in [4.78, 5) is 16.3. The summed E-state index contributed by atoms with van der Waals surface area (Å²) >= 11 is 6.07. The predicted molar refractivity (Wildman–Crippen MR) is 113 cm³/mol. The van der Waals surface area contributed by atoms with Crippen molar-refractivity contribution in [1.29, 1.82) is 0 Å². The van der Waals surface area contributed by atoms with Gasteiger partial charge in [-0.25, -0.2) is 4.39 Å². The Hall–Kier alpha value is -1.66. The fourth-order valence-electron chi connectivity index (χ4n) is 3.73. The van der Waals surface area contributed by atoms with E-state index < -0.39 is 5.82 Å². The molecule has 4 nitrogen and oxygen atoms in total. The molecule has 1 fully saturated rings. The number of likely N-dealkylation sites (tertiary alicyclic amines) is 1. The van der Waals surface area contributed by atoms with Gasteiger partial charge in [0.15, 0.2) is 0 Å². The van der Waals surface area contributed by atoms with Crippen LogP contribution < -0.4 is 5.73 Å². The van der Waals surface area contributed by atoms with Crippen LogP contribution in [0.5, 0.6) is 0 Å². The fraction of sp³-hybridized carbons (Fsp3) is 0.381. The molecule has 2 N–H and O–H groups in total. The Kier molecular flexibility index (Phi) is 8.25. The number of nitrogens with zero attached hydrogens (tertiary/aromatic N) is 2. The lowest BCUT2D eigenvalue weighted by molar-refractivity contribution is -0.131. The third-order valence-electron chi connectivity index (χ3n) is 5.29. The van der Waals surface area contributed by atoms with Gasteiger partial charge >= 0.3 is 0 Å². The zero-order valence-corrected chi connectivity index (χ0v) is 17.4. The fourth-order valence-corrected chi connectivity index (χ4v) is 3.95. The Morgan fingerprint density at radius 2 is 1.93 bits per heavy atom. The molecule has 0 unspecified atom stereocenters. The van der Waals surface area contributed by atoms with Gasteiger partial charge in [-0.1, -0.05) is 48.0 Å². The van der Waals surface area contributed by atoms with E-state index in [1.807, 2.05) is 18.2 Å². The van der Waals surface area contributed by atoms with E-state index in [9.17, 15) is 9.18 Å². The van der Waals surface area contributed by atoms with E-state index in [-0.39, 0.29) is 24.9 Å². The zero-order chi connectivity index (χ0) is 19.4. The van der Waals surface area contributed by atoms with Gasteiger partial charge in [-0.2, -0.15) is 0 Å². The van der Waals surface area contributed by atoms with Crippen LogP contribution in [0.1, 0.15) is 17.0 Å². The molecule has 1 saturated heterocycles. The lowest BCUT2D eigenvalue weighted by Crippen LogP contribution is -2.37. The molecule has 1 aliphatic heterocycles. The molecular weight excluding hydrogens is 400 g/mol. The van der Waals surface area contributed by atoms with Crippen molar-refractivity contribution in [2.75, 3.05) is 33.2 Å². The minimum Gasteiger partial charge on any atom is -0.340 e. The van der Waals surface area contributed by atoms with Crippen LogP contribution >= 0.6 is 24.0 Å². The number of carbonyl (C=O) groups is 1. The Bertz CT molecular complexity index is 770. The molecule has 1 heterocycles. The van der Waals surface area contributed by atoms with Crippen molar-refractivity contribution >= 4 is 29.9 Å². The topological polar surface area (TPSA) is 49.6 Å². The van der Waals surface area contributed by atoms with Crippen molar-refractivity contribution in [3.8, 4) is 0 Å². The van der Waals surface area contributed by atoms with Crippen molar-refractivity contribution in [2.45, 2.75) is 12.5 Å². The molecule has 0 spiro atoms. The first-order chi connectivity index (χ1) is 13.0. The smallest absolute Gasteiger partial charge is 0.236 e. The number of amides is 1. The number of rotatable bonds is 6. The average Bonchev–Trinajstić information content (AvgIpc) is 3.08. The molecule has 3 rings (SSSR count). The first-order valence-corrected chi connectivity index (χ1v) is 9.51. The number of benzene rings is 2. The van der Waals surface area contributed by atoms with Gasteiger partial charge in [0.1, 0.15) is 5.82 Å². The van der Waals surface area contributed by atoms with Gasteiger partial charge in [-0.05, 0) is 30.2 Å². The summed E-state index contributed by atoms with van der Waals surface area (Å²) < 4.78 is 14.0. The molecule has 1 aliphatic rings. The van der Waals surface area contributed by atoms with Crippen molar-refractivity contribution in [3.05, 3.63) is 70.5 Å². The third kappa shape index (κ3) is 5.23. The van der Waals surface area contributed by atoms with E-state index in [1.165, 1.54) is 16.5 Å². The number of nitrogens with two attached hydrogens (primary N) is 1. The number of likely N-dealkylation sites (N-methyl/N-ethyl adjacent to an activating group) is 1. The van der Waals surface area contributed by atoms with E-state index >= 15 is 0 Å². The highest BCUT2D eigenvalue weighted by molar-refractivity contribution is 6.31. The molecule has 28 heavy (non-hydrogen) atoms. The number of hydrogen-bond donors (Lipinski definition) is 1. The largest absolute Gasteiger partial charge is 0.340 e. The van der Waals surface area contributed by atoms with Crippen LogP contribution in [-0.2, 0) is 11.3 Å². The van der Waals surface area contributed by atoms with Crippen LogP contribution in [0.3, 0.4) is 0 Å². The molecule has 0 bridgehead atoms. The maximum Gasteiger partial charge on any atom is 0.236 e. The minimum atomic E-state index is -0.393. The Labute approximate surface area is 176 Å². The summed E-state index contributed by atoms with van der Waals surface area (Å²) in [6, 6.07) is 14.8. The summed E-state index contributed by atoms with van der Waals surface area (Å²) in [7, 11) is 1.68. The molecule has 0 aromatic heterocycles. The second-order valence-corrected chi connectivity index (χ2v) is 7.56. The summed E-state index contributed by atoms with van der Waals surface area (Å²) in [5.74, 6) is 0.205. The summed E-state index contributed by atoms with van der Waals surface area (Å²) in [5, 5.41) is 0.336. The minimum absolute atomic E-state index is 0. The first-order valence-electron chi connectivity index (χ1n) is 9.13. The highest BCUT2D eigenvalue weighted by Gasteiger charge is 2.34. The zero-order valence-electron chi connectivity index (χ0n) is 15.9. The predicted octanol–water partition coefficient (Wildman–Crippen LogP) is 3.53. The maximum absolute atomic E-state index is 14.0. The van der Waals surface area contributed by atoms with Crippen LogP contribution in [0, 0.1) is 11.7 Å². The molecule has 0 aliphatic carbocycles. The van der Waals surface area contributed by atoms with Crippen molar-refractivity contribution in [2.24, 2.45) is 11.7 Å². The summed E-state index contributed by atoms with van der Waals surface area (Å²) in [5.41, 5.74) is 7.58. The molecule has 7 heteroatoms. The Morgan fingerprint density at radius 1 is 1.21 bits per heavy atom. The normalized spacial score (nSPS) is 19.3. The van der Waals surface area contributed by atoms with Crippen LogP contribution in [0.15, 0.2) is 48.5 Å². The maximum atomic E-state index is 14.0. The van der Waals surface area contributed by atoms with Gasteiger partial charge < -0.3 is 10.6 Å². The third-order valence-corrected chi connectivity index (χ3v) is 5.64. The Balaban J connectivity index is 0.00000280. The molecule has 2 aromatic carbocycles. The van der Waals surface area contributed by atoms with Gasteiger partial charge in [0.25, 0.3) is 0 Å². The monoisotopic (exact) mass is 425 g/mol. The Morgan fingerprint density at radius 3 is 2.57 bits per heavy atom. The standard InChI is InChI=1S/C21H25ClFN3O.ClH/c1-25(12-18-19(22)8-5-9-20(18)23)21(27)14-26-11-16(10-24)17(13-26)15-6-3-2-4-7-15;/h2-9,16-17H,10-14,24H2,1H3;1H/t16-,17+;/m1./s1. The van der Waals surface area contributed by atoms with E-state index in [0.717, 1.165) is 13.1 Å².